The van der Waals surface area contributed by atoms with Crippen LogP contribution in [0, 0.1) is 12.8 Å². The Morgan fingerprint density at radius 1 is 1.41 bits per heavy atom. The van der Waals surface area contributed by atoms with Crippen molar-refractivity contribution in [2.75, 3.05) is 20.3 Å². The molecule has 17 heavy (non-hydrogen) atoms. The van der Waals surface area contributed by atoms with E-state index in [-0.39, 0.29) is 0 Å². The first-order valence-electron chi connectivity index (χ1n) is 6.57. The SMILES string of the molecule is COCC(NCCc1cccc(C)c1)C1CC1. The van der Waals surface area contributed by atoms with Gasteiger partial charge in [0.05, 0.1) is 6.61 Å². The highest BCUT2D eigenvalue weighted by Crippen LogP contribution is 2.32. The summed E-state index contributed by atoms with van der Waals surface area (Å²) in [5.74, 6) is 0.854. The highest BCUT2D eigenvalue weighted by molar-refractivity contribution is 5.22. The zero-order chi connectivity index (χ0) is 12.1. The smallest absolute Gasteiger partial charge is 0.0618 e. The van der Waals surface area contributed by atoms with Crippen LogP contribution >= 0.6 is 0 Å². The van der Waals surface area contributed by atoms with Crippen LogP contribution in [0.3, 0.4) is 0 Å². The number of methoxy groups -OCH3 is 1. The average molecular weight is 233 g/mol. The van der Waals surface area contributed by atoms with Crippen LogP contribution in [-0.4, -0.2) is 26.3 Å². The fraction of sp³-hybridized carbons (Fsp3) is 0.600. The third-order valence-corrected chi connectivity index (χ3v) is 3.44. The van der Waals surface area contributed by atoms with Gasteiger partial charge in [0, 0.05) is 13.2 Å². The van der Waals surface area contributed by atoms with Gasteiger partial charge >= 0.3 is 0 Å². The van der Waals surface area contributed by atoms with Crippen LogP contribution in [0.25, 0.3) is 0 Å². The number of nitrogens with one attached hydrogen (secondary N) is 1. The van der Waals surface area contributed by atoms with Crippen molar-refractivity contribution in [2.45, 2.75) is 32.2 Å². The van der Waals surface area contributed by atoms with E-state index in [2.05, 4.69) is 36.5 Å². The minimum Gasteiger partial charge on any atom is -0.383 e. The van der Waals surface area contributed by atoms with E-state index in [4.69, 9.17) is 4.74 Å². The highest BCUT2D eigenvalue weighted by Gasteiger charge is 2.30. The molecule has 0 aromatic heterocycles. The molecular weight excluding hydrogens is 210 g/mol. The summed E-state index contributed by atoms with van der Waals surface area (Å²) in [5.41, 5.74) is 2.77. The summed E-state index contributed by atoms with van der Waals surface area (Å²) >= 11 is 0. The van der Waals surface area contributed by atoms with E-state index >= 15 is 0 Å². The largest absolute Gasteiger partial charge is 0.383 e. The molecule has 0 spiro atoms. The number of aryl methyl sites for hydroxylation is 1. The Bertz CT molecular complexity index is 347. The zero-order valence-corrected chi connectivity index (χ0v) is 10.9. The molecular formula is C15H23NO. The first kappa shape index (κ1) is 12.6. The van der Waals surface area contributed by atoms with E-state index in [0.717, 1.165) is 25.5 Å². The van der Waals surface area contributed by atoms with Crippen LogP contribution in [0.2, 0.25) is 0 Å². The minimum atomic E-state index is 0.560. The van der Waals surface area contributed by atoms with Crippen LogP contribution in [0.1, 0.15) is 24.0 Å². The van der Waals surface area contributed by atoms with E-state index < -0.39 is 0 Å². The molecule has 0 bridgehead atoms. The quantitative estimate of drug-likeness (QED) is 0.781. The lowest BCUT2D eigenvalue weighted by molar-refractivity contribution is 0.158. The standard InChI is InChI=1S/C15H23NO/c1-12-4-3-5-13(10-12)8-9-16-15(11-17-2)14-6-7-14/h3-5,10,14-16H,6-9,11H2,1-2H3. The second kappa shape index (κ2) is 6.18. The van der Waals surface area contributed by atoms with E-state index in [1.165, 1.54) is 24.0 Å². The van der Waals surface area contributed by atoms with Crippen molar-refractivity contribution in [1.82, 2.24) is 5.32 Å². The van der Waals surface area contributed by atoms with Gasteiger partial charge in [0.2, 0.25) is 0 Å². The summed E-state index contributed by atoms with van der Waals surface area (Å²) in [6.45, 7) is 4.04. The van der Waals surface area contributed by atoms with Crippen molar-refractivity contribution in [3.05, 3.63) is 35.4 Å². The van der Waals surface area contributed by atoms with Crippen LogP contribution in [0.4, 0.5) is 0 Å². The van der Waals surface area contributed by atoms with Crippen molar-refractivity contribution in [3.63, 3.8) is 0 Å². The highest BCUT2D eigenvalue weighted by atomic mass is 16.5. The van der Waals surface area contributed by atoms with E-state index in [1.807, 2.05) is 0 Å². The Kier molecular flexibility index (Phi) is 4.57. The molecule has 94 valence electrons. The van der Waals surface area contributed by atoms with Gasteiger partial charge in [-0.25, -0.2) is 0 Å². The maximum Gasteiger partial charge on any atom is 0.0618 e. The normalized spacial score (nSPS) is 17.1. The fourth-order valence-corrected chi connectivity index (χ4v) is 2.31. The van der Waals surface area contributed by atoms with Gasteiger partial charge in [-0.1, -0.05) is 29.8 Å². The molecule has 0 heterocycles. The second-order valence-electron chi connectivity index (χ2n) is 5.09. The Morgan fingerprint density at radius 3 is 2.88 bits per heavy atom. The molecule has 1 aliphatic carbocycles. The Morgan fingerprint density at radius 2 is 2.24 bits per heavy atom. The van der Waals surface area contributed by atoms with Gasteiger partial charge in [-0.05, 0) is 44.2 Å². The predicted molar refractivity (Wildman–Crippen MR) is 71.3 cm³/mol. The number of rotatable bonds is 7. The van der Waals surface area contributed by atoms with Gasteiger partial charge in [0.25, 0.3) is 0 Å². The molecule has 1 aromatic carbocycles. The Hall–Kier alpha value is -0.860. The molecule has 0 aliphatic heterocycles. The first-order valence-corrected chi connectivity index (χ1v) is 6.57. The summed E-state index contributed by atoms with van der Waals surface area (Å²) in [5, 5.41) is 3.63. The lowest BCUT2D eigenvalue weighted by atomic mass is 10.1. The molecule has 1 atom stereocenters. The van der Waals surface area contributed by atoms with Gasteiger partial charge in [-0.2, -0.15) is 0 Å². The Balaban J connectivity index is 1.74. The fourth-order valence-electron chi connectivity index (χ4n) is 2.31. The van der Waals surface area contributed by atoms with E-state index in [0.29, 0.717) is 6.04 Å². The van der Waals surface area contributed by atoms with Gasteiger partial charge in [-0.3, -0.25) is 0 Å². The monoisotopic (exact) mass is 233 g/mol. The molecule has 0 amide bonds. The number of ether oxygens (including phenoxy) is 1. The average Bonchev–Trinajstić information content (AvgIpc) is 3.12. The molecule has 0 saturated heterocycles. The molecule has 1 aromatic rings. The van der Waals surface area contributed by atoms with Crippen molar-refractivity contribution >= 4 is 0 Å². The number of hydrogen-bond acceptors (Lipinski definition) is 2. The summed E-state index contributed by atoms with van der Waals surface area (Å²) < 4.78 is 5.26. The summed E-state index contributed by atoms with van der Waals surface area (Å²) in [7, 11) is 1.79. The van der Waals surface area contributed by atoms with Crippen LogP contribution < -0.4 is 5.32 Å². The van der Waals surface area contributed by atoms with Crippen molar-refractivity contribution in [1.29, 1.82) is 0 Å². The summed E-state index contributed by atoms with van der Waals surface area (Å²) in [6.07, 6.45) is 3.84. The molecule has 1 unspecified atom stereocenters. The van der Waals surface area contributed by atoms with Gasteiger partial charge in [0.1, 0.15) is 0 Å². The minimum absolute atomic E-state index is 0.560. The third-order valence-electron chi connectivity index (χ3n) is 3.44. The van der Waals surface area contributed by atoms with Crippen molar-refractivity contribution in [2.24, 2.45) is 5.92 Å². The molecule has 1 fully saturated rings. The zero-order valence-electron chi connectivity index (χ0n) is 10.9. The molecule has 1 aliphatic rings. The van der Waals surface area contributed by atoms with Gasteiger partial charge in [0.15, 0.2) is 0 Å². The third kappa shape index (κ3) is 4.14. The molecule has 1 N–H and O–H groups in total. The summed E-state index contributed by atoms with van der Waals surface area (Å²) in [6, 6.07) is 9.32. The van der Waals surface area contributed by atoms with Crippen LogP contribution in [0.5, 0.6) is 0 Å². The van der Waals surface area contributed by atoms with E-state index in [9.17, 15) is 0 Å². The number of benzene rings is 1. The van der Waals surface area contributed by atoms with Crippen molar-refractivity contribution in [3.8, 4) is 0 Å². The predicted octanol–water partition coefficient (Wildman–Crippen LogP) is 2.55. The summed E-state index contributed by atoms with van der Waals surface area (Å²) in [4.78, 5) is 0. The second-order valence-corrected chi connectivity index (χ2v) is 5.09. The number of hydrogen-bond donors (Lipinski definition) is 1. The van der Waals surface area contributed by atoms with Gasteiger partial charge in [-0.15, -0.1) is 0 Å². The lowest BCUT2D eigenvalue weighted by Gasteiger charge is -2.17. The molecule has 1 saturated carbocycles. The van der Waals surface area contributed by atoms with E-state index in [1.54, 1.807) is 7.11 Å². The molecule has 2 heteroatoms. The van der Waals surface area contributed by atoms with Gasteiger partial charge < -0.3 is 10.1 Å². The van der Waals surface area contributed by atoms with Crippen LogP contribution in [-0.2, 0) is 11.2 Å². The first-order chi connectivity index (χ1) is 8.29. The molecule has 0 radical (unpaired) electrons. The maximum atomic E-state index is 5.26. The Labute approximate surface area is 104 Å². The topological polar surface area (TPSA) is 21.3 Å². The molecule has 2 nitrogen and oxygen atoms in total. The lowest BCUT2D eigenvalue weighted by Crippen LogP contribution is -2.36. The molecule has 2 rings (SSSR count). The van der Waals surface area contributed by atoms with Crippen LogP contribution in [0.15, 0.2) is 24.3 Å². The van der Waals surface area contributed by atoms with Crippen molar-refractivity contribution < 1.29 is 4.74 Å². The maximum absolute atomic E-state index is 5.26.